The second-order valence-electron chi connectivity index (χ2n) is 4.43. The molecule has 2 rings (SSSR count). The first-order valence-electron chi connectivity index (χ1n) is 5.74. The average Bonchev–Trinajstić information content (AvgIpc) is 2.52. The normalized spacial score (nSPS) is 30.4. The highest BCUT2D eigenvalue weighted by Gasteiger charge is 2.36. The molecule has 2 heterocycles. The fourth-order valence-electron chi connectivity index (χ4n) is 2.22. The molecule has 2 aliphatic rings. The summed E-state index contributed by atoms with van der Waals surface area (Å²) in [7, 11) is 0. The number of unbranched alkanes of at least 4 members (excludes halogenated alkanes) is 1. The molecule has 1 fully saturated rings. The van der Waals surface area contributed by atoms with Gasteiger partial charge in [0, 0.05) is 11.1 Å². The minimum Gasteiger partial charge on any atom is -0.428 e. The summed E-state index contributed by atoms with van der Waals surface area (Å²) < 4.78 is 10.6. The van der Waals surface area contributed by atoms with Gasteiger partial charge in [-0.2, -0.15) is 0 Å². The predicted molar refractivity (Wildman–Crippen MR) is 56.2 cm³/mol. The zero-order chi connectivity index (χ0) is 10.8. The second-order valence-corrected chi connectivity index (χ2v) is 4.43. The molecule has 3 heteroatoms. The van der Waals surface area contributed by atoms with Crippen molar-refractivity contribution < 1.29 is 14.3 Å². The zero-order valence-corrected chi connectivity index (χ0v) is 9.41. The summed E-state index contributed by atoms with van der Waals surface area (Å²) in [6, 6.07) is 0. The Morgan fingerprint density at radius 3 is 3.00 bits per heavy atom. The molecule has 1 saturated heterocycles. The van der Waals surface area contributed by atoms with Crippen molar-refractivity contribution in [1.82, 2.24) is 0 Å². The summed E-state index contributed by atoms with van der Waals surface area (Å²) in [6.45, 7) is 4.76. The van der Waals surface area contributed by atoms with Crippen LogP contribution in [0.5, 0.6) is 0 Å². The number of esters is 1. The van der Waals surface area contributed by atoms with Gasteiger partial charge < -0.3 is 9.47 Å². The molecule has 15 heavy (non-hydrogen) atoms. The topological polar surface area (TPSA) is 35.5 Å². The molecule has 3 nitrogen and oxygen atoms in total. The number of carbonyl (C=O) groups is 1. The smallest absolute Gasteiger partial charge is 0.336 e. The Bertz CT molecular complexity index is 293. The molecule has 0 bridgehead atoms. The van der Waals surface area contributed by atoms with E-state index in [1.807, 2.05) is 6.92 Å². The van der Waals surface area contributed by atoms with Crippen molar-refractivity contribution in [3.8, 4) is 0 Å². The van der Waals surface area contributed by atoms with Crippen LogP contribution < -0.4 is 0 Å². The third-order valence-corrected chi connectivity index (χ3v) is 3.24. The highest BCUT2D eigenvalue weighted by atomic mass is 16.7. The standard InChI is InChI=1S/C12H18O3/c1-3-4-5-9-6-10-8(2)11(13)15-12(10)14-7-9/h9,12H,3-7H2,1-2H3/t9?,12-/m0/s1. The minimum absolute atomic E-state index is 0.203. The third-order valence-electron chi connectivity index (χ3n) is 3.24. The van der Waals surface area contributed by atoms with Gasteiger partial charge in [-0.15, -0.1) is 0 Å². The van der Waals surface area contributed by atoms with E-state index in [0.717, 1.165) is 24.2 Å². The molecule has 0 saturated carbocycles. The quantitative estimate of drug-likeness (QED) is 0.671. The van der Waals surface area contributed by atoms with Gasteiger partial charge in [0.1, 0.15) is 0 Å². The van der Waals surface area contributed by atoms with Gasteiger partial charge in [0.15, 0.2) is 0 Å². The Morgan fingerprint density at radius 2 is 2.27 bits per heavy atom. The molecule has 0 aliphatic carbocycles. The van der Waals surface area contributed by atoms with E-state index in [4.69, 9.17) is 9.47 Å². The average molecular weight is 210 g/mol. The van der Waals surface area contributed by atoms with Crippen molar-refractivity contribution in [3.63, 3.8) is 0 Å². The summed E-state index contributed by atoms with van der Waals surface area (Å²) in [5.41, 5.74) is 1.84. The first-order valence-corrected chi connectivity index (χ1v) is 5.74. The number of rotatable bonds is 3. The van der Waals surface area contributed by atoms with Crippen molar-refractivity contribution >= 4 is 5.97 Å². The lowest BCUT2D eigenvalue weighted by Gasteiger charge is -2.27. The lowest BCUT2D eigenvalue weighted by atomic mass is 9.91. The van der Waals surface area contributed by atoms with Crippen LogP contribution in [0.1, 0.15) is 39.5 Å². The maximum atomic E-state index is 11.3. The minimum atomic E-state index is -0.365. The fraction of sp³-hybridized carbons (Fsp3) is 0.750. The van der Waals surface area contributed by atoms with Crippen LogP contribution in [0, 0.1) is 5.92 Å². The zero-order valence-electron chi connectivity index (χ0n) is 9.41. The van der Waals surface area contributed by atoms with Crippen LogP contribution in [0.2, 0.25) is 0 Å². The highest BCUT2D eigenvalue weighted by Crippen LogP contribution is 2.34. The summed E-state index contributed by atoms with van der Waals surface area (Å²) in [4.78, 5) is 11.3. The Hall–Kier alpha value is -0.830. The number of carbonyl (C=O) groups excluding carboxylic acids is 1. The molecule has 1 unspecified atom stereocenters. The van der Waals surface area contributed by atoms with Gasteiger partial charge in [-0.25, -0.2) is 4.79 Å². The lowest BCUT2D eigenvalue weighted by molar-refractivity contribution is -0.166. The van der Waals surface area contributed by atoms with Crippen LogP contribution in [0.25, 0.3) is 0 Å². The van der Waals surface area contributed by atoms with Crippen LogP contribution in [0.3, 0.4) is 0 Å². The van der Waals surface area contributed by atoms with E-state index in [0.29, 0.717) is 5.92 Å². The molecule has 0 radical (unpaired) electrons. The van der Waals surface area contributed by atoms with E-state index in [1.54, 1.807) is 0 Å². The molecule has 0 aromatic carbocycles. The van der Waals surface area contributed by atoms with Gasteiger partial charge >= 0.3 is 5.97 Å². The van der Waals surface area contributed by atoms with Gasteiger partial charge in [-0.05, 0) is 25.7 Å². The molecule has 2 aliphatic heterocycles. The molecule has 0 amide bonds. The monoisotopic (exact) mass is 210 g/mol. The maximum absolute atomic E-state index is 11.3. The molecular weight excluding hydrogens is 192 g/mol. The van der Waals surface area contributed by atoms with E-state index < -0.39 is 0 Å². The fourth-order valence-corrected chi connectivity index (χ4v) is 2.22. The largest absolute Gasteiger partial charge is 0.428 e. The summed E-state index contributed by atoms with van der Waals surface area (Å²) in [6.07, 6.45) is 4.25. The Balaban J connectivity index is 2.00. The van der Waals surface area contributed by atoms with Crippen molar-refractivity contribution in [1.29, 1.82) is 0 Å². The van der Waals surface area contributed by atoms with Gasteiger partial charge in [-0.3, -0.25) is 0 Å². The maximum Gasteiger partial charge on any atom is 0.336 e. The van der Waals surface area contributed by atoms with Gasteiger partial charge in [-0.1, -0.05) is 19.8 Å². The number of hydrogen-bond donors (Lipinski definition) is 0. The van der Waals surface area contributed by atoms with Crippen molar-refractivity contribution in [2.24, 2.45) is 5.92 Å². The molecule has 84 valence electrons. The van der Waals surface area contributed by atoms with E-state index in [2.05, 4.69) is 6.92 Å². The van der Waals surface area contributed by atoms with Crippen molar-refractivity contribution in [3.05, 3.63) is 11.1 Å². The van der Waals surface area contributed by atoms with Crippen LogP contribution in [-0.2, 0) is 14.3 Å². The molecule has 0 spiro atoms. The summed E-state index contributed by atoms with van der Waals surface area (Å²) >= 11 is 0. The molecule has 0 aromatic heterocycles. The summed E-state index contributed by atoms with van der Waals surface area (Å²) in [5, 5.41) is 0. The van der Waals surface area contributed by atoms with Crippen molar-refractivity contribution in [2.45, 2.75) is 45.8 Å². The molecule has 0 aromatic rings. The number of fused-ring (bicyclic) bond motifs is 1. The van der Waals surface area contributed by atoms with Crippen molar-refractivity contribution in [2.75, 3.05) is 6.61 Å². The highest BCUT2D eigenvalue weighted by molar-refractivity contribution is 5.91. The molecular formula is C12H18O3. The number of hydrogen-bond acceptors (Lipinski definition) is 3. The van der Waals surface area contributed by atoms with Crippen LogP contribution in [0.15, 0.2) is 11.1 Å². The van der Waals surface area contributed by atoms with E-state index in [-0.39, 0.29) is 12.3 Å². The van der Waals surface area contributed by atoms with Crippen LogP contribution in [-0.4, -0.2) is 18.9 Å². The lowest BCUT2D eigenvalue weighted by Crippen LogP contribution is -2.27. The molecule has 2 atom stereocenters. The Labute approximate surface area is 90.4 Å². The summed E-state index contributed by atoms with van der Waals surface area (Å²) in [5.74, 6) is 0.367. The Morgan fingerprint density at radius 1 is 1.47 bits per heavy atom. The van der Waals surface area contributed by atoms with Crippen LogP contribution >= 0.6 is 0 Å². The van der Waals surface area contributed by atoms with E-state index in [9.17, 15) is 4.79 Å². The first-order chi connectivity index (χ1) is 7.22. The number of ether oxygens (including phenoxy) is 2. The SMILES string of the molecule is CCCCC1CO[C@H]2OC(=O)C(C)=C2C1. The third kappa shape index (κ3) is 2.07. The van der Waals surface area contributed by atoms with E-state index in [1.165, 1.54) is 19.3 Å². The van der Waals surface area contributed by atoms with Gasteiger partial charge in [0.25, 0.3) is 0 Å². The Kier molecular flexibility index (Phi) is 3.10. The van der Waals surface area contributed by atoms with Gasteiger partial charge in [0.2, 0.25) is 6.29 Å². The first kappa shape index (κ1) is 10.7. The molecule has 0 N–H and O–H groups in total. The van der Waals surface area contributed by atoms with Crippen LogP contribution in [0.4, 0.5) is 0 Å². The predicted octanol–water partition coefficient (Wildman–Crippen LogP) is 2.41. The second kappa shape index (κ2) is 4.35. The van der Waals surface area contributed by atoms with Gasteiger partial charge in [0.05, 0.1) is 6.61 Å². The van der Waals surface area contributed by atoms with E-state index >= 15 is 0 Å².